The summed E-state index contributed by atoms with van der Waals surface area (Å²) >= 11 is 0. The van der Waals surface area contributed by atoms with Crippen LogP contribution < -0.4 is 5.32 Å². The van der Waals surface area contributed by atoms with E-state index in [1.165, 1.54) is 11.1 Å². The molecule has 1 aromatic carbocycles. The van der Waals surface area contributed by atoms with E-state index in [1.807, 2.05) is 12.1 Å². The van der Waals surface area contributed by atoms with Crippen LogP contribution in [0.5, 0.6) is 0 Å². The van der Waals surface area contributed by atoms with E-state index < -0.39 is 12.1 Å². The number of rotatable bonds is 5. The molecule has 25 heavy (non-hydrogen) atoms. The Balaban J connectivity index is 1.51. The van der Waals surface area contributed by atoms with E-state index >= 15 is 0 Å². The van der Waals surface area contributed by atoms with Crippen LogP contribution in [0.4, 0.5) is 0 Å². The monoisotopic (exact) mass is 346 g/mol. The number of hydrogen-bond donors (Lipinski definition) is 3. The van der Waals surface area contributed by atoms with Gasteiger partial charge >= 0.3 is 5.97 Å². The Morgan fingerprint density at radius 1 is 1.24 bits per heavy atom. The summed E-state index contributed by atoms with van der Waals surface area (Å²) in [4.78, 5) is 25.0. The predicted molar refractivity (Wildman–Crippen MR) is 93.1 cm³/mol. The number of likely N-dealkylation sites (tertiary alicyclic amines) is 1. The number of aliphatic hydroxyl groups excluding tert-OH is 1. The van der Waals surface area contributed by atoms with Gasteiger partial charge in [0.1, 0.15) is 0 Å². The maximum atomic E-state index is 12.4. The number of nitrogens with one attached hydrogen (secondary N) is 1. The molecule has 0 saturated carbocycles. The zero-order valence-electron chi connectivity index (χ0n) is 14.4. The molecule has 2 aliphatic rings. The average molecular weight is 346 g/mol. The molecule has 2 heterocycles. The number of aliphatic carboxylic acids is 1. The molecule has 6 heteroatoms. The van der Waals surface area contributed by atoms with E-state index in [9.17, 15) is 14.7 Å². The molecule has 2 unspecified atom stereocenters. The van der Waals surface area contributed by atoms with Crippen molar-refractivity contribution in [2.75, 3.05) is 19.6 Å². The average Bonchev–Trinajstić information content (AvgIpc) is 2.62. The molecule has 0 bridgehead atoms. The molecule has 1 fully saturated rings. The van der Waals surface area contributed by atoms with Gasteiger partial charge in [0.05, 0.1) is 18.4 Å². The van der Waals surface area contributed by atoms with Gasteiger partial charge in [-0.3, -0.25) is 9.59 Å². The van der Waals surface area contributed by atoms with Crippen molar-refractivity contribution in [1.29, 1.82) is 0 Å². The maximum absolute atomic E-state index is 12.4. The van der Waals surface area contributed by atoms with Gasteiger partial charge in [0, 0.05) is 19.1 Å². The zero-order valence-corrected chi connectivity index (χ0v) is 14.4. The van der Waals surface area contributed by atoms with Crippen molar-refractivity contribution in [3.8, 4) is 0 Å². The number of carbonyl (C=O) groups is 2. The predicted octanol–water partition coefficient (Wildman–Crippen LogP) is 1.34. The highest BCUT2D eigenvalue weighted by atomic mass is 16.4. The van der Waals surface area contributed by atoms with E-state index in [-0.39, 0.29) is 24.3 Å². The SMILES string of the molecule is O=C(O)C1CCN(C(=O)CC(O)CC2NCCc3ccccc32)CC1. The fraction of sp³-hybridized carbons (Fsp3) is 0.579. The van der Waals surface area contributed by atoms with Gasteiger partial charge < -0.3 is 20.4 Å². The summed E-state index contributed by atoms with van der Waals surface area (Å²) in [6.45, 7) is 1.81. The third kappa shape index (κ3) is 4.38. The highest BCUT2D eigenvalue weighted by Gasteiger charge is 2.29. The second kappa shape index (κ2) is 7.97. The summed E-state index contributed by atoms with van der Waals surface area (Å²) in [5.74, 6) is -1.22. The van der Waals surface area contributed by atoms with Gasteiger partial charge in [-0.1, -0.05) is 24.3 Å². The molecule has 136 valence electrons. The van der Waals surface area contributed by atoms with Gasteiger partial charge in [0.25, 0.3) is 0 Å². The van der Waals surface area contributed by atoms with Crippen molar-refractivity contribution in [2.45, 2.75) is 44.2 Å². The lowest BCUT2D eigenvalue weighted by Gasteiger charge is -2.32. The van der Waals surface area contributed by atoms with Crippen molar-refractivity contribution >= 4 is 11.9 Å². The van der Waals surface area contributed by atoms with Crippen molar-refractivity contribution in [3.63, 3.8) is 0 Å². The molecule has 0 aromatic heterocycles. The van der Waals surface area contributed by atoms with Crippen LogP contribution in [0.1, 0.15) is 42.9 Å². The number of nitrogens with zero attached hydrogens (tertiary/aromatic N) is 1. The summed E-state index contributed by atoms with van der Waals surface area (Å²) in [5.41, 5.74) is 2.52. The molecule has 0 radical (unpaired) electrons. The molecule has 2 aliphatic heterocycles. The Hall–Kier alpha value is -1.92. The van der Waals surface area contributed by atoms with Crippen molar-refractivity contribution in [3.05, 3.63) is 35.4 Å². The third-order valence-electron chi connectivity index (χ3n) is 5.33. The van der Waals surface area contributed by atoms with E-state index in [4.69, 9.17) is 5.11 Å². The Morgan fingerprint density at radius 2 is 1.96 bits per heavy atom. The number of amides is 1. The summed E-state index contributed by atoms with van der Waals surface area (Å²) in [5, 5.41) is 22.8. The number of carboxylic acid groups (broad SMARTS) is 1. The van der Waals surface area contributed by atoms with Crippen molar-refractivity contribution in [1.82, 2.24) is 10.2 Å². The fourth-order valence-electron chi connectivity index (χ4n) is 3.87. The summed E-state index contributed by atoms with van der Waals surface area (Å²) in [6, 6.07) is 8.31. The fourth-order valence-corrected chi connectivity index (χ4v) is 3.87. The molecule has 3 rings (SSSR count). The van der Waals surface area contributed by atoms with E-state index in [1.54, 1.807) is 4.90 Å². The van der Waals surface area contributed by atoms with Crippen LogP contribution in [0.3, 0.4) is 0 Å². The third-order valence-corrected chi connectivity index (χ3v) is 5.33. The smallest absolute Gasteiger partial charge is 0.306 e. The Morgan fingerprint density at radius 3 is 2.68 bits per heavy atom. The molecular weight excluding hydrogens is 320 g/mol. The second-order valence-corrected chi connectivity index (χ2v) is 7.04. The Kier molecular flexibility index (Phi) is 5.71. The van der Waals surface area contributed by atoms with Crippen LogP contribution in [0.25, 0.3) is 0 Å². The van der Waals surface area contributed by atoms with Crippen LogP contribution in [-0.2, 0) is 16.0 Å². The maximum Gasteiger partial charge on any atom is 0.306 e. The Labute approximate surface area is 147 Å². The molecular formula is C19H26N2O4. The number of hydrogen-bond acceptors (Lipinski definition) is 4. The summed E-state index contributed by atoms with van der Waals surface area (Å²) in [7, 11) is 0. The van der Waals surface area contributed by atoms with Gasteiger partial charge in [-0.25, -0.2) is 0 Å². The minimum absolute atomic E-state index is 0.0745. The topological polar surface area (TPSA) is 89.9 Å². The minimum atomic E-state index is -0.783. The molecule has 1 amide bonds. The van der Waals surface area contributed by atoms with Crippen molar-refractivity contribution in [2.24, 2.45) is 5.92 Å². The zero-order chi connectivity index (χ0) is 17.8. The second-order valence-electron chi connectivity index (χ2n) is 7.04. The van der Waals surface area contributed by atoms with Crippen molar-refractivity contribution < 1.29 is 19.8 Å². The highest BCUT2D eigenvalue weighted by molar-refractivity contribution is 5.77. The lowest BCUT2D eigenvalue weighted by Crippen LogP contribution is -2.42. The van der Waals surface area contributed by atoms with Gasteiger partial charge in [-0.15, -0.1) is 0 Å². The molecule has 3 N–H and O–H groups in total. The van der Waals surface area contributed by atoms with Gasteiger partial charge in [0.15, 0.2) is 0 Å². The first-order valence-electron chi connectivity index (χ1n) is 9.04. The summed E-state index contributed by atoms with van der Waals surface area (Å²) < 4.78 is 0. The standard InChI is InChI=1S/C19H26N2O4/c22-15(11-17-16-4-2-1-3-13(16)5-8-20-17)12-18(23)21-9-6-14(7-10-21)19(24)25/h1-4,14-15,17,20,22H,5-12H2,(H,24,25). The van der Waals surface area contributed by atoms with E-state index in [0.29, 0.717) is 32.4 Å². The number of benzene rings is 1. The Bertz CT molecular complexity index is 626. The van der Waals surface area contributed by atoms with Crippen LogP contribution >= 0.6 is 0 Å². The largest absolute Gasteiger partial charge is 0.481 e. The molecule has 2 atom stereocenters. The van der Waals surface area contributed by atoms with Crippen LogP contribution in [0.15, 0.2) is 24.3 Å². The van der Waals surface area contributed by atoms with Crippen LogP contribution in [0, 0.1) is 5.92 Å². The minimum Gasteiger partial charge on any atom is -0.481 e. The molecule has 0 spiro atoms. The van der Waals surface area contributed by atoms with E-state index in [0.717, 1.165) is 13.0 Å². The number of aliphatic hydroxyl groups is 1. The van der Waals surface area contributed by atoms with E-state index in [2.05, 4.69) is 17.4 Å². The summed E-state index contributed by atoms with van der Waals surface area (Å²) in [6.07, 6.45) is 1.88. The van der Waals surface area contributed by atoms with Crippen LogP contribution in [0.2, 0.25) is 0 Å². The number of piperidine rings is 1. The number of carboxylic acids is 1. The van der Waals surface area contributed by atoms with Crippen LogP contribution in [-0.4, -0.2) is 52.7 Å². The normalized spacial score (nSPS) is 22.3. The van der Waals surface area contributed by atoms with Gasteiger partial charge in [0.2, 0.25) is 5.91 Å². The highest BCUT2D eigenvalue weighted by Crippen LogP contribution is 2.27. The molecule has 1 aromatic rings. The molecule has 0 aliphatic carbocycles. The van der Waals surface area contributed by atoms with Gasteiger partial charge in [-0.05, 0) is 43.4 Å². The molecule has 1 saturated heterocycles. The van der Waals surface area contributed by atoms with Gasteiger partial charge in [-0.2, -0.15) is 0 Å². The quantitative estimate of drug-likeness (QED) is 0.748. The first-order valence-corrected chi connectivity index (χ1v) is 9.04. The number of fused-ring (bicyclic) bond motifs is 1. The lowest BCUT2D eigenvalue weighted by molar-refractivity contribution is -0.146. The first kappa shape index (κ1) is 17.9. The first-order chi connectivity index (χ1) is 12.0. The molecule has 6 nitrogen and oxygen atoms in total. The lowest BCUT2D eigenvalue weighted by atomic mass is 9.90. The number of carbonyl (C=O) groups excluding carboxylic acids is 1.